The topological polar surface area (TPSA) is 107 Å². The maximum atomic E-state index is 12.9. The molecule has 0 bridgehead atoms. The smallest absolute Gasteiger partial charge is 0.322 e. The van der Waals surface area contributed by atoms with E-state index in [9.17, 15) is 24.6 Å². The highest BCUT2D eigenvalue weighted by Gasteiger charge is 2.35. The molecule has 0 aliphatic carbocycles. The summed E-state index contributed by atoms with van der Waals surface area (Å²) >= 11 is 5.83. The van der Waals surface area contributed by atoms with Crippen LogP contribution in [0.3, 0.4) is 0 Å². The molecule has 26 heavy (non-hydrogen) atoms. The van der Waals surface area contributed by atoms with Gasteiger partial charge in [-0.2, -0.15) is 0 Å². The summed E-state index contributed by atoms with van der Waals surface area (Å²) in [5.74, 6) is -5.44. The first-order chi connectivity index (χ1) is 12.3. The Morgan fingerprint density at radius 2 is 1.62 bits per heavy atom. The molecule has 3 rings (SSSR count). The second-order valence-corrected chi connectivity index (χ2v) is 6.34. The Balaban J connectivity index is 2.29. The minimum Gasteiger partial charge on any atom is -0.480 e. The van der Waals surface area contributed by atoms with Gasteiger partial charge < -0.3 is 15.2 Å². The highest BCUT2D eigenvalue weighted by molar-refractivity contribution is 6.30. The maximum Gasteiger partial charge on any atom is 0.322 e. The molecule has 0 atom stereocenters. The van der Waals surface area contributed by atoms with Gasteiger partial charge in [0.1, 0.15) is 0 Å². The number of ketones is 1. The SMILES string of the molecule is Cc1ccc2[nH]c(C(=O)c3ccc(Cl)cc3)c(C(C(=O)O)C(=O)O)c2c1. The quantitative estimate of drug-likeness (QED) is 0.469. The van der Waals surface area contributed by atoms with E-state index in [1.807, 2.05) is 0 Å². The number of H-pyrrole nitrogens is 1. The molecule has 0 aliphatic rings. The number of hydrogen-bond donors (Lipinski definition) is 3. The van der Waals surface area contributed by atoms with E-state index in [1.54, 1.807) is 25.1 Å². The van der Waals surface area contributed by atoms with Gasteiger partial charge in [0.25, 0.3) is 0 Å². The summed E-state index contributed by atoms with van der Waals surface area (Å²) in [4.78, 5) is 39.0. The first kappa shape index (κ1) is 17.7. The highest BCUT2D eigenvalue weighted by Crippen LogP contribution is 2.32. The molecule has 0 saturated heterocycles. The van der Waals surface area contributed by atoms with Crippen LogP contribution in [-0.4, -0.2) is 32.9 Å². The lowest BCUT2D eigenvalue weighted by Gasteiger charge is -2.10. The van der Waals surface area contributed by atoms with Crippen LogP contribution in [0.1, 0.15) is 33.1 Å². The fourth-order valence-corrected chi connectivity index (χ4v) is 3.03. The zero-order valence-electron chi connectivity index (χ0n) is 13.6. The predicted molar refractivity (Wildman–Crippen MR) is 95.9 cm³/mol. The van der Waals surface area contributed by atoms with Crippen molar-refractivity contribution < 1.29 is 24.6 Å². The van der Waals surface area contributed by atoms with Crippen molar-refractivity contribution in [3.05, 3.63) is 69.9 Å². The Kier molecular flexibility index (Phi) is 4.52. The van der Waals surface area contributed by atoms with E-state index < -0.39 is 23.6 Å². The molecule has 132 valence electrons. The molecule has 0 unspecified atom stereocenters. The Bertz CT molecular complexity index is 1020. The number of nitrogens with one attached hydrogen (secondary N) is 1. The molecule has 1 heterocycles. The summed E-state index contributed by atoms with van der Waals surface area (Å²) in [5.41, 5.74) is 1.48. The Labute approximate surface area is 153 Å². The molecule has 0 amide bonds. The number of halogens is 1. The maximum absolute atomic E-state index is 12.9. The van der Waals surface area contributed by atoms with Crippen molar-refractivity contribution in [2.75, 3.05) is 0 Å². The number of benzene rings is 2. The molecule has 3 N–H and O–H groups in total. The molecular weight excluding hydrogens is 358 g/mol. The van der Waals surface area contributed by atoms with E-state index in [0.29, 0.717) is 15.9 Å². The first-order valence-corrected chi connectivity index (χ1v) is 8.05. The normalized spacial score (nSPS) is 11.0. The molecule has 0 aliphatic heterocycles. The lowest BCUT2D eigenvalue weighted by molar-refractivity contribution is -0.149. The molecule has 0 spiro atoms. The molecule has 0 saturated carbocycles. The Morgan fingerprint density at radius 3 is 2.19 bits per heavy atom. The minimum absolute atomic E-state index is 0.0522. The fraction of sp³-hybridized carbons (Fsp3) is 0.105. The Hall–Kier alpha value is -3.12. The van der Waals surface area contributed by atoms with Crippen molar-refractivity contribution in [2.24, 2.45) is 0 Å². The summed E-state index contributed by atoms with van der Waals surface area (Å²) < 4.78 is 0. The number of aliphatic carboxylic acids is 2. The van der Waals surface area contributed by atoms with Crippen molar-refractivity contribution in [3.63, 3.8) is 0 Å². The van der Waals surface area contributed by atoms with Crippen LogP contribution in [-0.2, 0) is 9.59 Å². The lowest BCUT2D eigenvalue weighted by Crippen LogP contribution is -2.23. The van der Waals surface area contributed by atoms with Crippen LogP contribution < -0.4 is 0 Å². The van der Waals surface area contributed by atoms with E-state index in [2.05, 4.69) is 4.98 Å². The van der Waals surface area contributed by atoms with E-state index in [1.165, 1.54) is 24.3 Å². The van der Waals surface area contributed by atoms with Gasteiger partial charge in [0.15, 0.2) is 5.92 Å². The van der Waals surface area contributed by atoms with E-state index in [4.69, 9.17) is 11.6 Å². The highest BCUT2D eigenvalue weighted by atomic mass is 35.5. The standard InChI is InChI=1S/C19H14ClNO5/c1-9-2-7-13-12(8-9)14(15(18(23)24)19(25)26)16(21-13)17(22)10-3-5-11(20)6-4-10/h2-8,15,21H,1H3,(H,23,24)(H,25,26). The summed E-state index contributed by atoms with van der Waals surface area (Å²) in [6.45, 7) is 1.80. The third-order valence-corrected chi connectivity index (χ3v) is 4.36. The van der Waals surface area contributed by atoms with E-state index in [0.717, 1.165) is 5.56 Å². The van der Waals surface area contributed by atoms with Crippen LogP contribution in [0.15, 0.2) is 42.5 Å². The number of aryl methyl sites for hydroxylation is 1. The average Bonchev–Trinajstić information content (AvgIpc) is 2.93. The second-order valence-electron chi connectivity index (χ2n) is 5.91. The van der Waals surface area contributed by atoms with Gasteiger partial charge in [0, 0.05) is 27.1 Å². The van der Waals surface area contributed by atoms with Crippen LogP contribution in [0, 0.1) is 6.92 Å². The number of carbonyl (C=O) groups is 3. The summed E-state index contributed by atoms with van der Waals surface area (Å²) in [6.07, 6.45) is 0. The molecule has 3 aromatic rings. The fourth-order valence-electron chi connectivity index (χ4n) is 2.90. The van der Waals surface area contributed by atoms with E-state index >= 15 is 0 Å². The molecular formula is C19H14ClNO5. The van der Waals surface area contributed by atoms with Crippen molar-refractivity contribution in [1.29, 1.82) is 0 Å². The van der Waals surface area contributed by atoms with Gasteiger partial charge in [-0.05, 0) is 43.3 Å². The average molecular weight is 372 g/mol. The number of carbonyl (C=O) groups excluding carboxylic acids is 1. The lowest BCUT2D eigenvalue weighted by atomic mass is 9.92. The van der Waals surface area contributed by atoms with Gasteiger partial charge in [-0.1, -0.05) is 23.2 Å². The summed E-state index contributed by atoms with van der Waals surface area (Å²) in [6, 6.07) is 11.2. The van der Waals surface area contributed by atoms with Crippen LogP contribution in [0.25, 0.3) is 10.9 Å². The van der Waals surface area contributed by atoms with Gasteiger partial charge in [0.05, 0.1) is 5.69 Å². The number of carboxylic acid groups (broad SMARTS) is 2. The molecule has 0 radical (unpaired) electrons. The minimum atomic E-state index is -1.86. The number of rotatable bonds is 5. The van der Waals surface area contributed by atoms with Gasteiger partial charge >= 0.3 is 11.9 Å². The predicted octanol–water partition coefficient (Wildman–Crippen LogP) is 3.61. The zero-order valence-corrected chi connectivity index (χ0v) is 14.4. The molecule has 0 fully saturated rings. The van der Waals surface area contributed by atoms with Gasteiger partial charge in [-0.3, -0.25) is 14.4 Å². The van der Waals surface area contributed by atoms with Crippen LogP contribution in [0.2, 0.25) is 5.02 Å². The van der Waals surface area contributed by atoms with Crippen molar-refractivity contribution >= 4 is 40.2 Å². The zero-order chi connectivity index (χ0) is 19.0. The van der Waals surface area contributed by atoms with Gasteiger partial charge in [-0.15, -0.1) is 0 Å². The third-order valence-electron chi connectivity index (χ3n) is 4.11. The first-order valence-electron chi connectivity index (χ1n) is 7.67. The number of hydrogen-bond acceptors (Lipinski definition) is 3. The molecule has 7 heteroatoms. The molecule has 1 aromatic heterocycles. The monoisotopic (exact) mass is 371 g/mol. The second kappa shape index (κ2) is 6.65. The van der Waals surface area contributed by atoms with Crippen molar-refractivity contribution in [3.8, 4) is 0 Å². The number of fused-ring (bicyclic) bond motifs is 1. The van der Waals surface area contributed by atoms with Crippen molar-refractivity contribution in [1.82, 2.24) is 4.98 Å². The number of aromatic nitrogens is 1. The van der Waals surface area contributed by atoms with Crippen LogP contribution in [0.5, 0.6) is 0 Å². The van der Waals surface area contributed by atoms with Crippen molar-refractivity contribution in [2.45, 2.75) is 12.8 Å². The number of aromatic amines is 1. The third kappa shape index (κ3) is 3.07. The summed E-state index contributed by atoms with van der Waals surface area (Å²) in [7, 11) is 0. The largest absolute Gasteiger partial charge is 0.480 e. The molecule has 6 nitrogen and oxygen atoms in total. The van der Waals surface area contributed by atoms with Crippen LogP contribution in [0.4, 0.5) is 0 Å². The van der Waals surface area contributed by atoms with Crippen LogP contribution >= 0.6 is 11.6 Å². The van der Waals surface area contributed by atoms with E-state index in [-0.39, 0.29) is 16.8 Å². The van der Waals surface area contributed by atoms with Gasteiger partial charge in [0.2, 0.25) is 5.78 Å². The summed E-state index contributed by atoms with van der Waals surface area (Å²) in [5, 5.41) is 19.7. The number of carboxylic acids is 2. The Morgan fingerprint density at radius 1 is 1.00 bits per heavy atom. The van der Waals surface area contributed by atoms with Gasteiger partial charge in [-0.25, -0.2) is 0 Å². The molecule has 2 aromatic carbocycles.